The SMILES string of the molecule is COc1c2n(cc(C(=O)NCc3ccc(F)cc3F)c1=O)CC1OC3C4C(C)C4[C@@]3(C)CN1C2=O. The molecule has 5 unspecified atom stereocenters. The summed E-state index contributed by atoms with van der Waals surface area (Å²) in [4.78, 5) is 41.1. The number of pyridine rings is 1. The number of methoxy groups -OCH3 is 1. The normalized spacial score (nSPS) is 32.0. The quantitative estimate of drug-likeness (QED) is 0.717. The van der Waals surface area contributed by atoms with Crippen LogP contribution in [0.2, 0.25) is 0 Å². The van der Waals surface area contributed by atoms with E-state index in [1.165, 1.54) is 23.9 Å². The van der Waals surface area contributed by atoms with Crippen LogP contribution in [0, 0.1) is 34.8 Å². The van der Waals surface area contributed by atoms with E-state index in [2.05, 4.69) is 19.2 Å². The second-order valence-corrected chi connectivity index (χ2v) is 10.2. The number of hydrogen-bond donors (Lipinski definition) is 1. The number of hydrogen-bond acceptors (Lipinski definition) is 5. The average Bonchev–Trinajstić information content (AvgIpc) is 3.45. The Hall–Kier alpha value is -3.27. The van der Waals surface area contributed by atoms with Crippen LogP contribution in [0.25, 0.3) is 0 Å². The molecule has 0 radical (unpaired) electrons. The fraction of sp³-hybridized carbons (Fsp3) is 0.480. The van der Waals surface area contributed by atoms with E-state index < -0.39 is 29.2 Å². The van der Waals surface area contributed by atoms with Crippen molar-refractivity contribution in [1.82, 2.24) is 14.8 Å². The maximum absolute atomic E-state index is 13.9. The highest BCUT2D eigenvalue weighted by Gasteiger charge is 2.76. The third kappa shape index (κ3) is 3.01. The highest BCUT2D eigenvalue weighted by molar-refractivity contribution is 5.99. The van der Waals surface area contributed by atoms with Crippen molar-refractivity contribution in [2.24, 2.45) is 23.2 Å². The second-order valence-electron chi connectivity index (χ2n) is 10.2. The molecule has 2 aromatic rings. The Balaban J connectivity index is 1.30. The van der Waals surface area contributed by atoms with Gasteiger partial charge in [-0.2, -0.15) is 0 Å². The van der Waals surface area contributed by atoms with Gasteiger partial charge in [-0.25, -0.2) is 8.78 Å². The molecule has 8 nitrogen and oxygen atoms in total. The van der Waals surface area contributed by atoms with E-state index in [9.17, 15) is 23.2 Å². The van der Waals surface area contributed by atoms with E-state index in [0.717, 1.165) is 12.1 Å². The smallest absolute Gasteiger partial charge is 0.276 e. The van der Waals surface area contributed by atoms with Gasteiger partial charge in [0.2, 0.25) is 5.43 Å². The molecule has 6 atom stereocenters. The summed E-state index contributed by atoms with van der Waals surface area (Å²) in [6.07, 6.45) is 0.915. The number of aromatic nitrogens is 1. The van der Waals surface area contributed by atoms with E-state index in [1.807, 2.05) is 0 Å². The summed E-state index contributed by atoms with van der Waals surface area (Å²) < 4.78 is 40.3. The van der Waals surface area contributed by atoms with E-state index in [1.54, 1.807) is 4.90 Å². The molecule has 1 N–H and O–H groups in total. The van der Waals surface area contributed by atoms with Crippen molar-refractivity contribution in [3.8, 4) is 5.75 Å². The Kier molecular flexibility index (Phi) is 4.67. The molecule has 4 aliphatic rings. The summed E-state index contributed by atoms with van der Waals surface area (Å²) in [7, 11) is 1.28. The van der Waals surface area contributed by atoms with Gasteiger partial charge in [0.1, 0.15) is 17.2 Å². The molecule has 10 heteroatoms. The first-order valence-corrected chi connectivity index (χ1v) is 11.7. The molecule has 0 spiro atoms. The number of halogens is 2. The predicted molar refractivity (Wildman–Crippen MR) is 119 cm³/mol. The molecule has 3 fully saturated rings. The van der Waals surface area contributed by atoms with Gasteiger partial charge in [0.05, 0.1) is 19.8 Å². The minimum absolute atomic E-state index is 0.0716. The van der Waals surface area contributed by atoms with Crippen LogP contribution in [-0.4, -0.2) is 47.3 Å². The van der Waals surface area contributed by atoms with Crippen molar-refractivity contribution in [1.29, 1.82) is 0 Å². The lowest BCUT2D eigenvalue weighted by molar-refractivity contribution is -0.236. The molecule has 2 saturated carbocycles. The van der Waals surface area contributed by atoms with Gasteiger partial charge < -0.3 is 24.3 Å². The Morgan fingerprint density at radius 3 is 2.80 bits per heavy atom. The third-order valence-electron chi connectivity index (χ3n) is 8.33. The molecule has 1 aromatic heterocycles. The Morgan fingerprint density at radius 1 is 1.31 bits per heavy atom. The third-order valence-corrected chi connectivity index (χ3v) is 8.33. The first-order valence-electron chi connectivity index (χ1n) is 11.7. The van der Waals surface area contributed by atoms with Crippen LogP contribution in [0.15, 0.2) is 29.2 Å². The molecule has 0 bridgehead atoms. The van der Waals surface area contributed by atoms with Crippen molar-refractivity contribution in [2.45, 2.75) is 39.3 Å². The zero-order chi connectivity index (χ0) is 24.8. The number of carbonyl (C=O) groups is 2. The van der Waals surface area contributed by atoms with Gasteiger partial charge in [-0.3, -0.25) is 14.4 Å². The molecule has 184 valence electrons. The van der Waals surface area contributed by atoms with E-state index >= 15 is 0 Å². The number of amides is 2. The van der Waals surface area contributed by atoms with Crippen LogP contribution >= 0.6 is 0 Å². The van der Waals surface area contributed by atoms with Crippen LogP contribution in [0.3, 0.4) is 0 Å². The molecular formula is C25H25F2N3O5. The molecule has 1 saturated heterocycles. The number of rotatable bonds is 4. The molecule has 1 aromatic carbocycles. The summed E-state index contributed by atoms with van der Waals surface area (Å²) in [5.41, 5.74) is -0.914. The van der Waals surface area contributed by atoms with Crippen molar-refractivity contribution in [3.63, 3.8) is 0 Å². The zero-order valence-corrected chi connectivity index (χ0v) is 19.5. The molecule has 35 heavy (non-hydrogen) atoms. The zero-order valence-electron chi connectivity index (χ0n) is 19.5. The van der Waals surface area contributed by atoms with E-state index in [-0.39, 0.29) is 53.1 Å². The van der Waals surface area contributed by atoms with Crippen molar-refractivity contribution < 1.29 is 27.8 Å². The topological polar surface area (TPSA) is 89.9 Å². The molecule has 2 aliphatic carbocycles. The lowest BCUT2D eigenvalue weighted by Gasteiger charge is -2.57. The number of ether oxygens (including phenoxy) is 2. The van der Waals surface area contributed by atoms with Crippen molar-refractivity contribution in [3.05, 3.63) is 63.1 Å². The largest absolute Gasteiger partial charge is 0.491 e. The van der Waals surface area contributed by atoms with Crippen LogP contribution in [0.5, 0.6) is 5.75 Å². The Morgan fingerprint density at radius 2 is 2.09 bits per heavy atom. The fourth-order valence-electron chi connectivity index (χ4n) is 6.60. The molecular weight excluding hydrogens is 460 g/mol. The standard InChI is InChI=1S/C25H25F2N3O5/c1-11-17-18(11)25(2)10-30-16(35-22(17)25)9-29-8-14(20(31)21(34-3)19(29)24(30)33)23(32)28-7-12-4-5-13(26)6-15(12)27/h4-6,8,11,16-18,22H,7,9-10H2,1-3H3,(H,28,32)/t11?,16?,17?,18?,22?,25-/m1/s1. The van der Waals surface area contributed by atoms with Crippen molar-refractivity contribution >= 4 is 11.8 Å². The highest BCUT2D eigenvalue weighted by atomic mass is 19.1. The second kappa shape index (κ2) is 7.36. The van der Waals surface area contributed by atoms with Gasteiger partial charge in [0.15, 0.2) is 17.7 Å². The lowest BCUT2D eigenvalue weighted by atomic mass is 9.66. The van der Waals surface area contributed by atoms with Crippen molar-refractivity contribution in [2.75, 3.05) is 13.7 Å². The number of fused-ring (bicyclic) bond motifs is 6. The maximum atomic E-state index is 13.9. The molecule has 6 rings (SSSR count). The minimum Gasteiger partial charge on any atom is -0.491 e. The lowest BCUT2D eigenvalue weighted by Crippen LogP contribution is -2.66. The van der Waals surface area contributed by atoms with Gasteiger partial charge in [-0.15, -0.1) is 0 Å². The highest BCUT2D eigenvalue weighted by Crippen LogP contribution is 2.73. The minimum atomic E-state index is -0.805. The average molecular weight is 485 g/mol. The molecule has 2 amide bonds. The van der Waals surface area contributed by atoms with Gasteiger partial charge in [-0.1, -0.05) is 19.9 Å². The summed E-state index contributed by atoms with van der Waals surface area (Å²) in [5.74, 6) is -1.24. The summed E-state index contributed by atoms with van der Waals surface area (Å²) in [6, 6.07) is 3.02. The number of nitrogens with one attached hydrogen (secondary N) is 1. The predicted octanol–water partition coefficient (Wildman–Crippen LogP) is 2.15. The summed E-state index contributed by atoms with van der Waals surface area (Å²) in [6.45, 7) is 4.93. The van der Waals surface area contributed by atoms with Gasteiger partial charge in [0.25, 0.3) is 11.8 Å². The monoisotopic (exact) mass is 485 g/mol. The van der Waals surface area contributed by atoms with E-state index in [4.69, 9.17) is 9.47 Å². The Labute approximate surface area is 199 Å². The Bertz CT molecular complexity index is 1340. The molecule has 3 heterocycles. The number of benzene rings is 1. The van der Waals surface area contributed by atoms with Crippen LogP contribution in [-0.2, 0) is 17.8 Å². The first-order chi connectivity index (χ1) is 16.7. The van der Waals surface area contributed by atoms with Crippen LogP contribution in [0.1, 0.15) is 40.3 Å². The summed E-state index contributed by atoms with van der Waals surface area (Å²) in [5, 5.41) is 2.49. The number of nitrogens with zero attached hydrogens (tertiary/aromatic N) is 2. The number of carbonyl (C=O) groups excluding carboxylic acids is 2. The maximum Gasteiger partial charge on any atom is 0.276 e. The fourth-order valence-corrected chi connectivity index (χ4v) is 6.60. The first kappa shape index (κ1) is 22.2. The van der Waals surface area contributed by atoms with Gasteiger partial charge in [-0.05, 0) is 23.8 Å². The molecule has 2 aliphatic heterocycles. The van der Waals surface area contributed by atoms with E-state index in [0.29, 0.717) is 24.3 Å². The van der Waals surface area contributed by atoms with Crippen LogP contribution < -0.4 is 15.5 Å². The van der Waals surface area contributed by atoms with Crippen LogP contribution in [0.4, 0.5) is 8.78 Å². The van der Waals surface area contributed by atoms with Gasteiger partial charge in [0, 0.05) is 36.3 Å². The summed E-state index contributed by atoms with van der Waals surface area (Å²) >= 11 is 0. The van der Waals surface area contributed by atoms with Gasteiger partial charge >= 0.3 is 0 Å².